The molecule has 1 aromatic rings. The monoisotopic (exact) mass is 315 g/mol. The molecule has 0 atom stereocenters. The number of benzene rings is 1. The van der Waals surface area contributed by atoms with Crippen molar-refractivity contribution in [3.05, 3.63) is 52.8 Å². The van der Waals surface area contributed by atoms with E-state index in [1.54, 1.807) is 0 Å². The maximum Gasteiger partial charge on any atom is 0.360 e. The van der Waals surface area contributed by atoms with Crippen molar-refractivity contribution >= 4 is 11.7 Å². The number of carbonyl (C=O) groups excluding carboxylic acids is 1. The number of ether oxygens (including phenoxy) is 2. The Morgan fingerprint density at radius 1 is 1.04 bits per heavy atom. The minimum atomic E-state index is -0.539. The zero-order chi connectivity index (χ0) is 16.8. The van der Waals surface area contributed by atoms with Crippen LogP contribution in [0.5, 0.6) is 5.75 Å². The molecule has 0 radical (unpaired) electrons. The highest BCUT2D eigenvalue weighted by Crippen LogP contribution is 2.32. The van der Waals surface area contributed by atoms with Crippen LogP contribution >= 0.6 is 0 Å². The highest BCUT2D eigenvalue weighted by molar-refractivity contribution is 6.43. The number of para-hydroxylation sites is 1. The molecule has 5 heteroatoms. The van der Waals surface area contributed by atoms with Crippen molar-refractivity contribution in [3.8, 4) is 5.75 Å². The van der Waals surface area contributed by atoms with Crippen LogP contribution < -0.4 is 4.74 Å². The van der Waals surface area contributed by atoms with E-state index < -0.39 is 5.97 Å². The summed E-state index contributed by atoms with van der Waals surface area (Å²) >= 11 is 0. The van der Waals surface area contributed by atoms with E-state index in [9.17, 15) is 4.79 Å². The molecule has 0 spiro atoms. The fourth-order valence-electron chi connectivity index (χ4n) is 2.36. The highest BCUT2D eigenvalue weighted by atomic mass is 16.6. The lowest BCUT2D eigenvalue weighted by molar-refractivity contribution is -0.132. The lowest BCUT2D eigenvalue weighted by Crippen LogP contribution is -2.23. The highest BCUT2D eigenvalue weighted by Gasteiger charge is 2.27. The summed E-state index contributed by atoms with van der Waals surface area (Å²) in [6.45, 7) is 4.10. The molecule has 0 unspecified atom stereocenters. The minimum Gasteiger partial charge on any atom is -0.464 e. The van der Waals surface area contributed by atoms with Crippen LogP contribution in [0.25, 0.3) is 0 Å². The Balaban J connectivity index is 2.44. The molecular formula is C18H21NO4. The van der Waals surface area contributed by atoms with Crippen molar-refractivity contribution in [2.45, 2.75) is 26.7 Å². The molecule has 0 amide bonds. The Hall–Kier alpha value is -2.56. The molecule has 0 N–H and O–H groups in total. The Morgan fingerprint density at radius 2 is 1.70 bits per heavy atom. The van der Waals surface area contributed by atoms with Crippen LogP contribution in [0.4, 0.5) is 0 Å². The van der Waals surface area contributed by atoms with Crippen molar-refractivity contribution in [2.24, 2.45) is 5.16 Å². The summed E-state index contributed by atoms with van der Waals surface area (Å²) in [7, 11) is 2.72. The van der Waals surface area contributed by atoms with E-state index >= 15 is 0 Å². The third-order valence-corrected chi connectivity index (χ3v) is 3.76. The third kappa shape index (κ3) is 4.00. The van der Waals surface area contributed by atoms with Crippen LogP contribution in [-0.2, 0) is 14.4 Å². The summed E-state index contributed by atoms with van der Waals surface area (Å²) in [4.78, 5) is 16.9. The molecule has 0 fully saturated rings. The number of carbonyl (C=O) groups is 1. The number of nitrogens with zero attached hydrogens (tertiary/aromatic N) is 1. The SMILES string of the molecule is CO/N=C(/C(=O)OC)C1=C(Oc2ccccc2)CC(C)=C(C)C1. The van der Waals surface area contributed by atoms with Crippen molar-refractivity contribution in [1.29, 1.82) is 0 Å². The summed E-state index contributed by atoms with van der Waals surface area (Å²) < 4.78 is 10.8. The van der Waals surface area contributed by atoms with E-state index in [0.29, 0.717) is 29.9 Å². The smallest absolute Gasteiger partial charge is 0.360 e. The number of oxime groups is 1. The second-order valence-electron chi connectivity index (χ2n) is 5.35. The molecule has 1 aliphatic rings. The van der Waals surface area contributed by atoms with Gasteiger partial charge in [0.1, 0.15) is 18.6 Å². The van der Waals surface area contributed by atoms with Gasteiger partial charge in [-0.1, -0.05) is 34.5 Å². The Bertz CT molecular complexity index is 672. The molecule has 0 aliphatic heterocycles. The van der Waals surface area contributed by atoms with Gasteiger partial charge in [-0.25, -0.2) is 4.79 Å². The largest absolute Gasteiger partial charge is 0.464 e. The summed E-state index contributed by atoms with van der Waals surface area (Å²) in [6, 6.07) is 9.46. The average molecular weight is 315 g/mol. The number of esters is 1. The zero-order valence-corrected chi connectivity index (χ0v) is 13.9. The van der Waals surface area contributed by atoms with Crippen LogP contribution in [0.1, 0.15) is 26.7 Å². The fourth-order valence-corrected chi connectivity index (χ4v) is 2.36. The van der Waals surface area contributed by atoms with Gasteiger partial charge in [-0.05, 0) is 32.4 Å². The Labute approximate surface area is 136 Å². The van der Waals surface area contributed by atoms with Gasteiger partial charge >= 0.3 is 5.97 Å². The Morgan fingerprint density at radius 3 is 2.30 bits per heavy atom. The molecule has 5 nitrogen and oxygen atoms in total. The van der Waals surface area contributed by atoms with Gasteiger partial charge in [0.2, 0.25) is 0 Å². The molecule has 0 saturated carbocycles. The summed E-state index contributed by atoms with van der Waals surface area (Å²) in [6.07, 6.45) is 1.20. The van der Waals surface area contributed by atoms with Crippen LogP contribution in [0, 0.1) is 0 Å². The van der Waals surface area contributed by atoms with Crippen LogP contribution in [0.2, 0.25) is 0 Å². The predicted molar refractivity (Wildman–Crippen MR) is 88.2 cm³/mol. The molecule has 23 heavy (non-hydrogen) atoms. The van der Waals surface area contributed by atoms with E-state index in [0.717, 1.165) is 0 Å². The second-order valence-corrected chi connectivity index (χ2v) is 5.35. The maximum atomic E-state index is 12.0. The first-order chi connectivity index (χ1) is 11.1. The van der Waals surface area contributed by atoms with Crippen LogP contribution in [-0.4, -0.2) is 25.9 Å². The van der Waals surface area contributed by atoms with Crippen LogP contribution in [0.15, 0.2) is 58.0 Å². The van der Waals surface area contributed by atoms with E-state index in [-0.39, 0.29) is 5.71 Å². The van der Waals surface area contributed by atoms with Crippen molar-refractivity contribution in [2.75, 3.05) is 14.2 Å². The number of rotatable bonds is 5. The second kappa shape index (κ2) is 7.63. The fraction of sp³-hybridized carbons (Fsp3) is 0.333. The molecule has 1 aliphatic carbocycles. The first kappa shape index (κ1) is 16.8. The van der Waals surface area contributed by atoms with Gasteiger partial charge in [-0.15, -0.1) is 0 Å². The first-order valence-electron chi connectivity index (χ1n) is 7.36. The van der Waals surface area contributed by atoms with Crippen LogP contribution in [0.3, 0.4) is 0 Å². The topological polar surface area (TPSA) is 57.1 Å². The molecule has 0 heterocycles. The van der Waals surface area contributed by atoms with Gasteiger partial charge in [-0.2, -0.15) is 0 Å². The molecule has 0 aromatic heterocycles. The lowest BCUT2D eigenvalue weighted by Gasteiger charge is -2.23. The van der Waals surface area contributed by atoms with Gasteiger partial charge in [0.05, 0.1) is 7.11 Å². The predicted octanol–water partition coefficient (Wildman–Crippen LogP) is 3.63. The first-order valence-corrected chi connectivity index (χ1v) is 7.36. The van der Waals surface area contributed by atoms with Gasteiger partial charge in [0.15, 0.2) is 5.71 Å². The maximum absolute atomic E-state index is 12.0. The van der Waals surface area contributed by atoms with Crippen molar-refractivity contribution < 1.29 is 19.1 Å². The third-order valence-electron chi connectivity index (χ3n) is 3.76. The quantitative estimate of drug-likeness (QED) is 0.360. The molecule has 122 valence electrons. The van der Waals surface area contributed by atoms with E-state index in [1.807, 2.05) is 37.3 Å². The molecule has 0 saturated heterocycles. The number of allylic oxidation sites excluding steroid dienone is 2. The van der Waals surface area contributed by atoms with Gasteiger partial charge in [0, 0.05) is 12.0 Å². The summed E-state index contributed by atoms with van der Waals surface area (Å²) in [5.41, 5.74) is 3.26. The van der Waals surface area contributed by atoms with E-state index in [4.69, 9.17) is 14.3 Å². The minimum absolute atomic E-state index is 0.146. The zero-order valence-electron chi connectivity index (χ0n) is 13.9. The van der Waals surface area contributed by atoms with E-state index in [1.165, 1.54) is 25.4 Å². The average Bonchev–Trinajstić information content (AvgIpc) is 2.56. The lowest BCUT2D eigenvalue weighted by atomic mass is 9.89. The summed E-state index contributed by atoms with van der Waals surface area (Å²) in [5, 5.41) is 3.85. The van der Waals surface area contributed by atoms with Gasteiger partial charge in [-0.3, -0.25) is 0 Å². The van der Waals surface area contributed by atoms with Gasteiger partial charge in [0.25, 0.3) is 0 Å². The molecule has 1 aromatic carbocycles. The van der Waals surface area contributed by atoms with Gasteiger partial charge < -0.3 is 14.3 Å². The van der Waals surface area contributed by atoms with E-state index in [2.05, 4.69) is 12.1 Å². The molecule has 0 bridgehead atoms. The number of hydrogen-bond acceptors (Lipinski definition) is 5. The molecular weight excluding hydrogens is 294 g/mol. The number of methoxy groups -OCH3 is 1. The normalized spacial score (nSPS) is 15.6. The Kier molecular flexibility index (Phi) is 5.57. The summed E-state index contributed by atoms with van der Waals surface area (Å²) in [5.74, 6) is 0.873. The standard InChI is InChI=1S/C18H21NO4/c1-12-10-15(17(19-22-4)18(20)21-3)16(11-13(12)2)23-14-8-6-5-7-9-14/h5-9H,10-11H2,1-4H3/b19-17+. The number of hydrogen-bond donors (Lipinski definition) is 0. The van der Waals surface area contributed by atoms with Crippen molar-refractivity contribution in [1.82, 2.24) is 0 Å². The molecule has 2 rings (SSSR count). The van der Waals surface area contributed by atoms with Crippen molar-refractivity contribution in [3.63, 3.8) is 0 Å².